The quantitative estimate of drug-likeness (QED) is 0.832. The van der Waals surface area contributed by atoms with Gasteiger partial charge in [0.15, 0.2) is 0 Å². The monoisotopic (exact) mass is 281 g/mol. The Bertz CT molecular complexity index is 637. The first kappa shape index (κ1) is 13.7. The zero-order valence-corrected chi connectivity index (χ0v) is 11.2. The summed E-state index contributed by atoms with van der Waals surface area (Å²) in [5, 5.41) is 13.2. The maximum Gasteiger partial charge on any atom is 0.244 e. The van der Waals surface area contributed by atoms with E-state index >= 15 is 0 Å². The van der Waals surface area contributed by atoms with E-state index in [2.05, 4.69) is 9.82 Å². The summed E-state index contributed by atoms with van der Waals surface area (Å²) in [7, 11) is -2.05. The van der Waals surface area contributed by atoms with E-state index in [0.717, 1.165) is 0 Å². The van der Waals surface area contributed by atoms with E-state index in [9.17, 15) is 13.5 Å². The van der Waals surface area contributed by atoms with Crippen LogP contribution >= 0.6 is 0 Å². The Kier molecular flexibility index (Phi) is 3.98. The number of hydrogen-bond donors (Lipinski definition) is 2. The molecule has 0 fully saturated rings. The van der Waals surface area contributed by atoms with Crippen LogP contribution in [0, 0.1) is 0 Å². The van der Waals surface area contributed by atoms with Crippen LogP contribution in [0.3, 0.4) is 0 Å². The molecular formula is C12H15N3O3S. The third-order valence-electron chi connectivity index (χ3n) is 2.67. The number of aromatic nitrogens is 2. The van der Waals surface area contributed by atoms with Gasteiger partial charge in [-0.05, 0) is 5.56 Å². The lowest BCUT2D eigenvalue weighted by Crippen LogP contribution is -2.30. The SMILES string of the molecule is Cn1cc(S(=O)(=O)NC(CO)c2ccccc2)cn1. The van der Waals surface area contributed by atoms with Crippen LogP contribution in [0.4, 0.5) is 0 Å². The summed E-state index contributed by atoms with van der Waals surface area (Å²) in [6, 6.07) is 8.24. The molecule has 6 nitrogen and oxygen atoms in total. The van der Waals surface area contributed by atoms with E-state index in [-0.39, 0.29) is 11.5 Å². The fourth-order valence-electron chi connectivity index (χ4n) is 1.69. The lowest BCUT2D eigenvalue weighted by molar-refractivity contribution is 0.259. The van der Waals surface area contributed by atoms with Gasteiger partial charge in [-0.2, -0.15) is 5.10 Å². The van der Waals surface area contributed by atoms with Gasteiger partial charge in [0.05, 0.1) is 18.8 Å². The molecule has 0 bridgehead atoms. The van der Waals surface area contributed by atoms with Gasteiger partial charge in [0.1, 0.15) is 4.90 Å². The van der Waals surface area contributed by atoms with E-state index in [1.54, 1.807) is 31.3 Å². The van der Waals surface area contributed by atoms with Gasteiger partial charge in [-0.15, -0.1) is 0 Å². The van der Waals surface area contributed by atoms with Crippen molar-refractivity contribution in [3.05, 3.63) is 48.3 Å². The van der Waals surface area contributed by atoms with Crippen molar-refractivity contribution in [3.63, 3.8) is 0 Å². The number of nitrogens with one attached hydrogen (secondary N) is 1. The van der Waals surface area contributed by atoms with Gasteiger partial charge in [-0.25, -0.2) is 13.1 Å². The fourth-order valence-corrected chi connectivity index (χ4v) is 2.89. The first-order valence-corrected chi connectivity index (χ1v) is 7.18. The van der Waals surface area contributed by atoms with Crippen LogP contribution in [0.5, 0.6) is 0 Å². The average molecular weight is 281 g/mol. The average Bonchev–Trinajstić information content (AvgIpc) is 2.85. The molecule has 1 aromatic heterocycles. The maximum absolute atomic E-state index is 12.1. The second-order valence-corrected chi connectivity index (χ2v) is 5.83. The van der Waals surface area contributed by atoms with E-state index < -0.39 is 16.1 Å². The summed E-state index contributed by atoms with van der Waals surface area (Å²) in [4.78, 5) is 0.0735. The minimum atomic E-state index is -3.69. The number of aliphatic hydroxyl groups is 1. The van der Waals surface area contributed by atoms with E-state index in [1.165, 1.54) is 17.1 Å². The fraction of sp³-hybridized carbons (Fsp3) is 0.250. The first-order valence-electron chi connectivity index (χ1n) is 5.70. The molecule has 102 valence electrons. The number of rotatable bonds is 5. The molecule has 1 heterocycles. The van der Waals surface area contributed by atoms with Crippen molar-refractivity contribution in [3.8, 4) is 0 Å². The molecule has 19 heavy (non-hydrogen) atoms. The molecule has 1 unspecified atom stereocenters. The lowest BCUT2D eigenvalue weighted by Gasteiger charge is -2.16. The summed E-state index contributed by atoms with van der Waals surface area (Å²) < 4.78 is 28.1. The van der Waals surface area contributed by atoms with Crippen LogP contribution in [0.15, 0.2) is 47.6 Å². The van der Waals surface area contributed by atoms with E-state index in [0.29, 0.717) is 5.56 Å². The minimum Gasteiger partial charge on any atom is -0.394 e. The van der Waals surface area contributed by atoms with E-state index in [4.69, 9.17) is 0 Å². The van der Waals surface area contributed by atoms with Crippen LogP contribution in [0.25, 0.3) is 0 Å². The summed E-state index contributed by atoms with van der Waals surface area (Å²) in [5.74, 6) is 0. The molecule has 0 radical (unpaired) electrons. The normalized spacial score (nSPS) is 13.4. The molecule has 0 amide bonds. The highest BCUT2D eigenvalue weighted by molar-refractivity contribution is 7.89. The molecule has 1 aromatic carbocycles. The Labute approximate surface area is 111 Å². The predicted molar refractivity (Wildman–Crippen MR) is 69.8 cm³/mol. The van der Waals surface area contributed by atoms with Gasteiger partial charge in [0.25, 0.3) is 0 Å². The van der Waals surface area contributed by atoms with Gasteiger partial charge >= 0.3 is 0 Å². The first-order chi connectivity index (χ1) is 9.03. The van der Waals surface area contributed by atoms with Crippen LogP contribution in [-0.4, -0.2) is 29.9 Å². The number of nitrogens with zero attached hydrogens (tertiary/aromatic N) is 2. The minimum absolute atomic E-state index is 0.0735. The molecule has 0 aliphatic heterocycles. The lowest BCUT2D eigenvalue weighted by atomic mass is 10.1. The number of aliphatic hydroxyl groups excluding tert-OH is 1. The highest BCUT2D eigenvalue weighted by Gasteiger charge is 2.21. The summed E-state index contributed by atoms with van der Waals surface area (Å²) in [6.45, 7) is -0.316. The molecule has 0 aliphatic rings. The smallest absolute Gasteiger partial charge is 0.244 e. The molecule has 7 heteroatoms. The Balaban J connectivity index is 2.23. The van der Waals surface area contributed by atoms with Crippen molar-refractivity contribution in [1.82, 2.24) is 14.5 Å². The van der Waals surface area contributed by atoms with Crippen molar-refractivity contribution in [2.45, 2.75) is 10.9 Å². The third-order valence-corrected chi connectivity index (χ3v) is 4.10. The van der Waals surface area contributed by atoms with Gasteiger partial charge in [0.2, 0.25) is 10.0 Å². The van der Waals surface area contributed by atoms with Crippen molar-refractivity contribution in [2.24, 2.45) is 7.05 Å². The molecule has 0 aliphatic carbocycles. The molecule has 0 spiro atoms. The third kappa shape index (κ3) is 3.19. The Hall–Kier alpha value is -1.70. The highest BCUT2D eigenvalue weighted by Crippen LogP contribution is 2.16. The summed E-state index contributed by atoms with van der Waals surface area (Å²) >= 11 is 0. The van der Waals surface area contributed by atoms with E-state index in [1.807, 2.05) is 6.07 Å². The van der Waals surface area contributed by atoms with Gasteiger partial charge in [-0.3, -0.25) is 4.68 Å². The molecule has 1 atom stereocenters. The second kappa shape index (κ2) is 5.52. The second-order valence-electron chi connectivity index (χ2n) is 4.12. The van der Waals surface area contributed by atoms with Crippen LogP contribution in [0.2, 0.25) is 0 Å². The molecule has 2 rings (SSSR count). The number of aryl methyl sites for hydroxylation is 1. The molecule has 0 saturated carbocycles. The zero-order valence-electron chi connectivity index (χ0n) is 10.4. The number of sulfonamides is 1. The van der Waals surface area contributed by atoms with Gasteiger partial charge in [-0.1, -0.05) is 30.3 Å². The summed E-state index contributed by atoms with van der Waals surface area (Å²) in [5.41, 5.74) is 0.706. The van der Waals surface area contributed by atoms with Crippen molar-refractivity contribution in [1.29, 1.82) is 0 Å². The Morgan fingerprint density at radius 1 is 1.37 bits per heavy atom. The van der Waals surface area contributed by atoms with Crippen LogP contribution < -0.4 is 4.72 Å². The van der Waals surface area contributed by atoms with Gasteiger partial charge < -0.3 is 5.11 Å². The topological polar surface area (TPSA) is 84.2 Å². The Morgan fingerprint density at radius 2 is 2.05 bits per heavy atom. The van der Waals surface area contributed by atoms with Crippen LogP contribution in [0.1, 0.15) is 11.6 Å². The number of hydrogen-bond acceptors (Lipinski definition) is 4. The molecule has 0 saturated heterocycles. The van der Waals surface area contributed by atoms with Crippen molar-refractivity contribution < 1.29 is 13.5 Å². The molecule has 2 N–H and O–H groups in total. The standard InChI is InChI=1S/C12H15N3O3S/c1-15-8-11(7-13-15)19(17,18)14-12(9-16)10-5-3-2-4-6-10/h2-8,12,14,16H,9H2,1H3. The Morgan fingerprint density at radius 3 is 2.58 bits per heavy atom. The summed E-state index contributed by atoms with van der Waals surface area (Å²) in [6.07, 6.45) is 2.67. The number of benzene rings is 1. The maximum atomic E-state index is 12.1. The van der Waals surface area contributed by atoms with Crippen molar-refractivity contribution in [2.75, 3.05) is 6.61 Å². The zero-order chi connectivity index (χ0) is 13.9. The predicted octanol–water partition coefficient (Wildman–Crippen LogP) is 0.432. The van der Waals surface area contributed by atoms with Gasteiger partial charge in [0, 0.05) is 13.2 Å². The highest BCUT2D eigenvalue weighted by atomic mass is 32.2. The molecular weight excluding hydrogens is 266 g/mol. The van der Waals surface area contributed by atoms with Crippen LogP contribution in [-0.2, 0) is 17.1 Å². The molecule has 2 aromatic rings. The van der Waals surface area contributed by atoms with Crippen molar-refractivity contribution >= 4 is 10.0 Å². The largest absolute Gasteiger partial charge is 0.394 e.